The van der Waals surface area contributed by atoms with Gasteiger partial charge in [-0.15, -0.1) is 0 Å². The lowest BCUT2D eigenvalue weighted by Gasteiger charge is -2.12. The standard InChI is InChI=1S/C20H16FN3O4/c1-2-28-20(27)18-16(22-19(26)13-6-4-3-5-7-13)12-17(25)24(23-18)15-10-8-14(21)9-11-15/h3-12H,2H2,1H3,(H,22,26). The van der Waals surface area contributed by atoms with Crippen LogP contribution in [0.4, 0.5) is 10.1 Å². The summed E-state index contributed by atoms with van der Waals surface area (Å²) in [6.07, 6.45) is 0. The Morgan fingerprint density at radius 2 is 1.79 bits per heavy atom. The van der Waals surface area contributed by atoms with Crippen molar-refractivity contribution in [3.63, 3.8) is 0 Å². The Hall–Kier alpha value is -3.81. The molecular formula is C20H16FN3O4. The van der Waals surface area contributed by atoms with Gasteiger partial charge >= 0.3 is 5.97 Å². The number of carbonyl (C=O) groups is 2. The van der Waals surface area contributed by atoms with Crippen molar-refractivity contribution >= 4 is 17.6 Å². The van der Waals surface area contributed by atoms with Gasteiger partial charge in [-0.25, -0.2) is 9.18 Å². The fourth-order valence-corrected chi connectivity index (χ4v) is 2.45. The van der Waals surface area contributed by atoms with Crippen LogP contribution in [-0.4, -0.2) is 28.3 Å². The van der Waals surface area contributed by atoms with Crippen LogP contribution < -0.4 is 10.9 Å². The minimum absolute atomic E-state index is 0.0735. The van der Waals surface area contributed by atoms with Gasteiger partial charge in [-0.05, 0) is 43.3 Å². The zero-order chi connectivity index (χ0) is 20.1. The minimum Gasteiger partial charge on any atom is -0.461 e. The first-order chi connectivity index (χ1) is 13.5. The van der Waals surface area contributed by atoms with Crippen LogP contribution in [0.15, 0.2) is 65.5 Å². The van der Waals surface area contributed by atoms with Crippen molar-refractivity contribution in [3.05, 3.63) is 88.1 Å². The van der Waals surface area contributed by atoms with Crippen LogP contribution in [0.2, 0.25) is 0 Å². The third-order valence-corrected chi connectivity index (χ3v) is 3.76. The molecule has 0 radical (unpaired) electrons. The van der Waals surface area contributed by atoms with Crippen LogP contribution in [-0.2, 0) is 4.74 Å². The van der Waals surface area contributed by atoms with Crippen molar-refractivity contribution in [1.29, 1.82) is 0 Å². The summed E-state index contributed by atoms with van der Waals surface area (Å²) in [5.41, 5.74) is -0.313. The van der Waals surface area contributed by atoms with Crippen molar-refractivity contribution < 1.29 is 18.7 Å². The predicted octanol–water partition coefficient (Wildman–Crippen LogP) is 2.80. The van der Waals surface area contributed by atoms with Crippen molar-refractivity contribution in [2.24, 2.45) is 0 Å². The molecule has 3 rings (SSSR count). The monoisotopic (exact) mass is 381 g/mol. The molecule has 0 fully saturated rings. The highest BCUT2D eigenvalue weighted by Crippen LogP contribution is 2.15. The Bertz CT molecular complexity index is 1060. The molecule has 0 aliphatic heterocycles. The Balaban J connectivity index is 2.05. The van der Waals surface area contributed by atoms with Crippen LogP contribution in [0.3, 0.4) is 0 Å². The molecule has 0 aliphatic carbocycles. The number of benzene rings is 2. The maximum absolute atomic E-state index is 13.2. The quantitative estimate of drug-likeness (QED) is 0.687. The van der Waals surface area contributed by atoms with E-state index in [1.54, 1.807) is 37.3 Å². The molecule has 1 amide bonds. The van der Waals surface area contributed by atoms with E-state index in [9.17, 15) is 18.8 Å². The topological polar surface area (TPSA) is 90.3 Å². The van der Waals surface area contributed by atoms with E-state index in [-0.39, 0.29) is 23.7 Å². The molecule has 1 aromatic heterocycles. The number of carbonyl (C=O) groups excluding carboxylic acids is 2. The number of hydrogen-bond donors (Lipinski definition) is 1. The third kappa shape index (κ3) is 4.12. The molecule has 0 saturated heterocycles. The number of anilines is 1. The molecule has 0 bridgehead atoms. The molecule has 28 heavy (non-hydrogen) atoms. The summed E-state index contributed by atoms with van der Waals surface area (Å²) in [6.45, 7) is 1.71. The van der Waals surface area contributed by atoms with Gasteiger partial charge in [0.15, 0.2) is 5.69 Å². The van der Waals surface area contributed by atoms with E-state index in [1.165, 1.54) is 24.3 Å². The van der Waals surface area contributed by atoms with E-state index < -0.39 is 23.3 Å². The summed E-state index contributed by atoms with van der Waals surface area (Å²) < 4.78 is 19.1. The second kappa shape index (κ2) is 8.26. The largest absolute Gasteiger partial charge is 0.461 e. The lowest BCUT2D eigenvalue weighted by Crippen LogP contribution is -2.27. The second-order valence-electron chi connectivity index (χ2n) is 5.67. The number of rotatable bonds is 5. The van der Waals surface area contributed by atoms with Crippen LogP contribution in [0.5, 0.6) is 0 Å². The first kappa shape index (κ1) is 19.0. The van der Waals surface area contributed by atoms with Crippen molar-refractivity contribution in [1.82, 2.24) is 9.78 Å². The average Bonchev–Trinajstić information content (AvgIpc) is 2.70. The van der Waals surface area contributed by atoms with Gasteiger partial charge in [-0.2, -0.15) is 9.78 Å². The van der Waals surface area contributed by atoms with E-state index >= 15 is 0 Å². The summed E-state index contributed by atoms with van der Waals surface area (Å²) in [5, 5.41) is 6.55. The lowest BCUT2D eigenvalue weighted by molar-refractivity contribution is 0.0518. The molecular weight excluding hydrogens is 365 g/mol. The first-order valence-electron chi connectivity index (χ1n) is 8.43. The van der Waals surface area contributed by atoms with E-state index in [0.717, 1.165) is 10.7 Å². The molecule has 0 atom stereocenters. The zero-order valence-corrected chi connectivity index (χ0v) is 14.9. The van der Waals surface area contributed by atoms with Gasteiger partial charge in [-0.1, -0.05) is 18.2 Å². The molecule has 7 nitrogen and oxygen atoms in total. The van der Waals surface area contributed by atoms with Crippen LogP contribution >= 0.6 is 0 Å². The SMILES string of the molecule is CCOC(=O)c1nn(-c2ccc(F)cc2)c(=O)cc1NC(=O)c1ccccc1. The molecule has 2 aromatic carbocycles. The highest BCUT2D eigenvalue weighted by atomic mass is 19.1. The summed E-state index contributed by atoms with van der Waals surface area (Å²) in [6, 6.07) is 14.4. The van der Waals surface area contributed by atoms with E-state index in [1.807, 2.05) is 0 Å². The number of esters is 1. The molecule has 0 unspecified atom stereocenters. The zero-order valence-electron chi connectivity index (χ0n) is 14.9. The normalized spacial score (nSPS) is 10.4. The van der Waals surface area contributed by atoms with Gasteiger partial charge in [0.1, 0.15) is 5.82 Å². The number of aromatic nitrogens is 2. The van der Waals surface area contributed by atoms with E-state index in [4.69, 9.17) is 4.74 Å². The second-order valence-corrected chi connectivity index (χ2v) is 5.67. The van der Waals surface area contributed by atoms with Gasteiger partial charge in [-0.3, -0.25) is 9.59 Å². The number of halogens is 1. The number of amides is 1. The van der Waals surface area contributed by atoms with Gasteiger partial charge in [0, 0.05) is 11.6 Å². The maximum atomic E-state index is 13.2. The Morgan fingerprint density at radius 1 is 1.11 bits per heavy atom. The first-order valence-corrected chi connectivity index (χ1v) is 8.43. The predicted molar refractivity (Wildman–Crippen MR) is 100 cm³/mol. The molecule has 3 aromatic rings. The maximum Gasteiger partial charge on any atom is 0.360 e. The smallest absolute Gasteiger partial charge is 0.360 e. The summed E-state index contributed by atoms with van der Waals surface area (Å²) in [7, 11) is 0. The number of hydrogen-bond acceptors (Lipinski definition) is 5. The molecule has 0 saturated carbocycles. The highest BCUT2D eigenvalue weighted by Gasteiger charge is 2.20. The molecule has 1 N–H and O–H groups in total. The molecule has 0 spiro atoms. The van der Waals surface area contributed by atoms with Gasteiger partial charge in [0.2, 0.25) is 0 Å². The van der Waals surface area contributed by atoms with Gasteiger partial charge in [0.25, 0.3) is 11.5 Å². The Labute approximate surface area is 159 Å². The highest BCUT2D eigenvalue weighted by molar-refractivity contribution is 6.07. The molecule has 1 heterocycles. The Morgan fingerprint density at radius 3 is 2.43 bits per heavy atom. The number of ether oxygens (including phenoxy) is 1. The fraction of sp³-hybridized carbons (Fsp3) is 0.100. The summed E-state index contributed by atoms with van der Waals surface area (Å²) in [5.74, 6) is -1.79. The minimum atomic E-state index is -0.804. The van der Waals surface area contributed by atoms with Gasteiger partial charge < -0.3 is 10.1 Å². The fourth-order valence-electron chi connectivity index (χ4n) is 2.45. The van der Waals surface area contributed by atoms with Crippen LogP contribution in [0.25, 0.3) is 5.69 Å². The van der Waals surface area contributed by atoms with Crippen molar-refractivity contribution in [2.45, 2.75) is 6.92 Å². The molecule has 142 valence electrons. The number of nitrogens with one attached hydrogen (secondary N) is 1. The average molecular weight is 381 g/mol. The van der Waals surface area contributed by atoms with Crippen LogP contribution in [0, 0.1) is 5.82 Å². The third-order valence-electron chi connectivity index (χ3n) is 3.76. The number of nitrogens with zero attached hydrogens (tertiary/aromatic N) is 2. The molecule has 8 heteroatoms. The van der Waals surface area contributed by atoms with Crippen molar-refractivity contribution in [3.8, 4) is 5.69 Å². The van der Waals surface area contributed by atoms with Crippen molar-refractivity contribution in [2.75, 3.05) is 11.9 Å². The molecule has 0 aliphatic rings. The van der Waals surface area contributed by atoms with E-state index in [2.05, 4.69) is 10.4 Å². The van der Waals surface area contributed by atoms with Crippen LogP contribution in [0.1, 0.15) is 27.8 Å². The summed E-state index contributed by atoms with van der Waals surface area (Å²) >= 11 is 0. The van der Waals surface area contributed by atoms with E-state index in [0.29, 0.717) is 5.56 Å². The lowest BCUT2D eigenvalue weighted by atomic mass is 10.2. The van der Waals surface area contributed by atoms with Gasteiger partial charge in [0.05, 0.1) is 18.0 Å². The summed E-state index contributed by atoms with van der Waals surface area (Å²) in [4.78, 5) is 37.2. The Kier molecular flexibility index (Phi) is 5.59.